The van der Waals surface area contributed by atoms with Crippen LogP contribution in [0.15, 0.2) is 42.5 Å². The zero-order valence-corrected chi connectivity index (χ0v) is 14.0. The van der Waals surface area contributed by atoms with Crippen molar-refractivity contribution in [1.29, 1.82) is 0 Å². The smallest absolute Gasteiger partial charge is 0.271 e. The van der Waals surface area contributed by atoms with E-state index in [1.54, 1.807) is 24.3 Å². The van der Waals surface area contributed by atoms with Crippen LogP contribution in [-0.2, 0) is 0 Å². The maximum absolute atomic E-state index is 12.2. The fourth-order valence-electron chi connectivity index (χ4n) is 1.95. The fraction of sp³-hybridized carbons (Fsp3) is 0.125. The van der Waals surface area contributed by atoms with E-state index >= 15 is 0 Å². The molecule has 0 atom stereocenters. The van der Waals surface area contributed by atoms with Crippen molar-refractivity contribution in [3.63, 3.8) is 0 Å². The summed E-state index contributed by atoms with van der Waals surface area (Å²) >= 11 is 4.98. The summed E-state index contributed by atoms with van der Waals surface area (Å²) in [5.41, 5.74) is -0.0419. The number of rotatable bonds is 5. The lowest BCUT2D eigenvalue weighted by atomic mass is 10.2. The summed E-state index contributed by atoms with van der Waals surface area (Å²) in [5.74, 6) is -0.452. The number of hydrogen-bond acceptors (Lipinski definition) is 6. The number of carbonyl (C=O) groups is 1. The maximum Gasteiger partial charge on any atom is 0.271 e. The number of carbonyl (C=O) groups excluding carboxylic acids is 1. The first-order chi connectivity index (χ1) is 11.9. The number of benzene rings is 2. The molecule has 0 heterocycles. The molecule has 0 radical (unpaired) electrons. The van der Waals surface area contributed by atoms with E-state index in [9.17, 15) is 20.0 Å². The van der Waals surface area contributed by atoms with Gasteiger partial charge in [0.05, 0.1) is 11.5 Å². The van der Waals surface area contributed by atoms with E-state index in [0.29, 0.717) is 17.9 Å². The lowest BCUT2D eigenvalue weighted by molar-refractivity contribution is -0.385. The Morgan fingerprint density at radius 2 is 2.04 bits per heavy atom. The van der Waals surface area contributed by atoms with Gasteiger partial charge in [0, 0.05) is 23.4 Å². The third-order valence-corrected chi connectivity index (χ3v) is 3.26. The van der Waals surface area contributed by atoms with Crippen molar-refractivity contribution in [2.75, 3.05) is 11.9 Å². The number of ether oxygens (including phenoxy) is 1. The monoisotopic (exact) mass is 360 g/mol. The number of nitro benzene ring substituents is 1. The summed E-state index contributed by atoms with van der Waals surface area (Å²) in [6, 6.07) is 9.69. The van der Waals surface area contributed by atoms with E-state index in [1.807, 2.05) is 6.92 Å². The molecule has 2 aromatic carbocycles. The van der Waals surface area contributed by atoms with Crippen LogP contribution < -0.4 is 20.5 Å². The Hall–Kier alpha value is -3.20. The van der Waals surface area contributed by atoms with Crippen molar-refractivity contribution in [3.8, 4) is 11.5 Å². The molecule has 0 aliphatic rings. The van der Waals surface area contributed by atoms with Gasteiger partial charge < -0.3 is 15.2 Å². The number of amides is 1. The van der Waals surface area contributed by atoms with Crippen molar-refractivity contribution in [1.82, 2.24) is 5.32 Å². The Labute approximate surface area is 148 Å². The Morgan fingerprint density at radius 3 is 2.72 bits per heavy atom. The molecular formula is C16H14N3O5S-. The highest BCUT2D eigenvalue weighted by molar-refractivity contribution is 7.80. The van der Waals surface area contributed by atoms with Crippen molar-refractivity contribution < 1.29 is 19.6 Å². The normalized spacial score (nSPS) is 9.96. The van der Waals surface area contributed by atoms with E-state index in [-0.39, 0.29) is 16.5 Å². The second kappa shape index (κ2) is 8.06. The number of nitrogens with one attached hydrogen (secondary N) is 2. The van der Waals surface area contributed by atoms with Gasteiger partial charge in [-0.15, -0.1) is 0 Å². The first kappa shape index (κ1) is 18.1. The molecule has 130 valence electrons. The van der Waals surface area contributed by atoms with Gasteiger partial charge in [-0.3, -0.25) is 20.2 Å². The van der Waals surface area contributed by atoms with E-state index in [2.05, 4.69) is 10.6 Å². The molecule has 2 aromatic rings. The summed E-state index contributed by atoms with van der Waals surface area (Å²) in [4.78, 5) is 22.3. The van der Waals surface area contributed by atoms with Crippen LogP contribution >= 0.6 is 12.2 Å². The van der Waals surface area contributed by atoms with Gasteiger partial charge >= 0.3 is 0 Å². The van der Waals surface area contributed by atoms with Crippen LogP contribution in [-0.4, -0.2) is 22.5 Å². The Morgan fingerprint density at radius 1 is 1.28 bits per heavy atom. The minimum Gasteiger partial charge on any atom is -0.871 e. The molecule has 1 amide bonds. The van der Waals surface area contributed by atoms with Crippen molar-refractivity contribution >= 4 is 34.6 Å². The summed E-state index contributed by atoms with van der Waals surface area (Å²) in [6.07, 6.45) is 0. The van der Waals surface area contributed by atoms with Gasteiger partial charge in [0.15, 0.2) is 5.11 Å². The predicted octanol–water partition coefficient (Wildman–Crippen LogP) is 2.19. The first-order valence-electron chi connectivity index (χ1n) is 7.21. The largest absolute Gasteiger partial charge is 0.871 e. The second-order valence-electron chi connectivity index (χ2n) is 4.81. The van der Waals surface area contributed by atoms with E-state index in [4.69, 9.17) is 17.0 Å². The molecule has 0 spiro atoms. The lowest BCUT2D eigenvalue weighted by Gasteiger charge is -2.16. The Balaban J connectivity index is 2.07. The van der Waals surface area contributed by atoms with Crippen LogP contribution in [0.5, 0.6) is 11.5 Å². The highest BCUT2D eigenvalue weighted by atomic mass is 32.1. The SMILES string of the molecule is CCOc1cccc(C(=O)NC(=S)Nc2cc([N+](=O)[O-])ccc2[O-])c1. The summed E-state index contributed by atoms with van der Waals surface area (Å²) in [6.45, 7) is 2.29. The number of anilines is 1. The Bertz CT molecular complexity index is 825. The summed E-state index contributed by atoms with van der Waals surface area (Å²) in [7, 11) is 0. The minimum atomic E-state index is -0.633. The fourth-order valence-corrected chi connectivity index (χ4v) is 2.15. The zero-order valence-electron chi connectivity index (χ0n) is 13.1. The van der Waals surface area contributed by atoms with Crippen LogP contribution in [0, 0.1) is 10.1 Å². The molecule has 0 aliphatic heterocycles. The highest BCUT2D eigenvalue weighted by Gasteiger charge is 2.11. The maximum atomic E-state index is 12.2. The topological polar surface area (TPSA) is 117 Å². The second-order valence-corrected chi connectivity index (χ2v) is 5.21. The van der Waals surface area contributed by atoms with Crippen LogP contribution in [0.2, 0.25) is 0 Å². The van der Waals surface area contributed by atoms with E-state index < -0.39 is 16.6 Å². The average molecular weight is 360 g/mol. The van der Waals surface area contributed by atoms with Crippen LogP contribution in [0.25, 0.3) is 0 Å². The van der Waals surface area contributed by atoms with Gasteiger partial charge in [0.2, 0.25) is 0 Å². The molecular weight excluding hydrogens is 346 g/mol. The standard InChI is InChI=1S/C16H15N3O5S/c1-2-24-12-5-3-4-10(8-12)15(21)18-16(25)17-13-9-11(19(22)23)6-7-14(13)20/h3-9,20H,2H2,1H3,(H2,17,18,21,25)/p-1. The van der Waals surface area contributed by atoms with Gasteiger partial charge in [0.1, 0.15) is 5.75 Å². The number of hydrogen-bond donors (Lipinski definition) is 2. The van der Waals surface area contributed by atoms with Crippen molar-refractivity contribution in [3.05, 3.63) is 58.1 Å². The molecule has 0 aliphatic carbocycles. The zero-order chi connectivity index (χ0) is 18.4. The quantitative estimate of drug-likeness (QED) is 0.477. The molecule has 9 heteroatoms. The van der Waals surface area contributed by atoms with Gasteiger partial charge in [-0.1, -0.05) is 17.9 Å². The van der Waals surface area contributed by atoms with Crippen molar-refractivity contribution in [2.45, 2.75) is 6.92 Å². The molecule has 0 bridgehead atoms. The number of thiocarbonyl (C=S) groups is 1. The van der Waals surface area contributed by atoms with Gasteiger partial charge in [-0.25, -0.2) is 0 Å². The first-order valence-corrected chi connectivity index (χ1v) is 7.62. The molecule has 0 saturated heterocycles. The molecule has 25 heavy (non-hydrogen) atoms. The molecule has 0 aromatic heterocycles. The molecule has 0 unspecified atom stereocenters. The molecule has 8 nitrogen and oxygen atoms in total. The molecule has 2 rings (SSSR count). The van der Waals surface area contributed by atoms with Gasteiger partial charge in [-0.05, 0) is 37.3 Å². The average Bonchev–Trinajstić information content (AvgIpc) is 2.57. The van der Waals surface area contributed by atoms with Crippen LogP contribution in [0.4, 0.5) is 11.4 Å². The van der Waals surface area contributed by atoms with E-state index in [0.717, 1.165) is 18.2 Å². The van der Waals surface area contributed by atoms with Crippen LogP contribution in [0.1, 0.15) is 17.3 Å². The minimum absolute atomic E-state index is 0.0948. The Kier molecular flexibility index (Phi) is 5.85. The highest BCUT2D eigenvalue weighted by Crippen LogP contribution is 2.25. The van der Waals surface area contributed by atoms with Crippen LogP contribution in [0.3, 0.4) is 0 Å². The third kappa shape index (κ3) is 4.88. The van der Waals surface area contributed by atoms with Gasteiger partial charge in [0.25, 0.3) is 11.6 Å². The van der Waals surface area contributed by atoms with Crippen molar-refractivity contribution in [2.24, 2.45) is 0 Å². The number of non-ortho nitro benzene ring substituents is 1. The lowest BCUT2D eigenvalue weighted by Crippen LogP contribution is -2.34. The third-order valence-electron chi connectivity index (χ3n) is 3.06. The predicted molar refractivity (Wildman–Crippen MR) is 93.8 cm³/mol. The summed E-state index contributed by atoms with van der Waals surface area (Å²) in [5, 5.41) is 27.2. The molecule has 0 saturated carbocycles. The molecule has 2 N–H and O–H groups in total. The number of nitro groups is 1. The molecule has 0 fully saturated rings. The van der Waals surface area contributed by atoms with Gasteiger partial charge in [-0.2, -0.15) is 0 Å². The van der Waals surface area contributed by atoms with E-state index in [1.165, 1.54) is 0 Å². The summed E-state index contributed by atoms with van der Waals surface area (Å²) < 4.78 is 5.31. The number of nitrogens with zero attached hydrogens (tertiary/aromatic N) is 1.